The predicted octanol–water partition coefficient (Wildman–Crippen LogP) is 4.31. The number of aromatic amines is 1. The summed E-state index contributed by atoms with van der Waals surface area (Å²) in [6, 6.07) is 17.7. The molecular formula is C25H23N3O2S. The summed E-state index contributed by atoms with van der Waals surface area (Å²) in [6.45, 7) is 0. The molecule has 0 saturated heterocycles. The number of benzene rings is 2. The molecule has 5 nitrogen and oxygen atoms in total. The fourth-order valence-electron chi connectivity index (χ4n) is 4.38. The molecule has 5 rings (SSSR count). The summed E-state index contributed by atoms with van der Waals surface area (Å²) < 4.78 is 0. The zero-order valence-corrected chi connectivity index (χ0v) is 17.9. The molecule has 0 bridgehead atoms. The monoisotopic (exact) mass is 429 g/mol. The minimum Gasteiger partial charge on any atom is -0.344 e. The molecule has 1 aliphatic carbocycles. The minimum absolute atomic E-state index is 0.101. The van der Waals surface area contributed by atoms with Crippen molar-refractivity contribution in [2.24, 2.45) is 0 Å². The average Bonchev–Trinajstić information content (AvgIpc) is 3.34. The molecule has 6 heteroatoms. The van der Waals surface area contributed by atoms with E-state index in [4.69, 9.17) is 0 Å². The lowest BCUT2D eigenvalue weighted by Gasteiger charge is -2.22. The average molecular weight is 430 g/mol. The molecule has 31 heavy (non-hydrogen) atoms. The second-order valence-electron chi connectivity index (χ2n) is 7.97. The summed E-state index contributed by atoms with van der Waals surface area (Å²) in [5.41, 5.74) is 4.26. The number of carbonyl (C=O) groups is 1. The quantitative estimate of drug-likeness (QED) is 0.496. The van der Waals surface area contributed by atoms with Gasteiger partial charge in [-0.2, -0.15) is 5.10 Å². The van der Waals surface area contributed by atoms with Gasteiger partial charge in [-0.15, -0.1) is 11.3 Å². The van der Waals surface area contributed by atoms with Crippen LogP contribution in [-0.4, -0.2) is 16.1 Å². The molecule has 0 spiro atoms. The number of H-pyrrole nitrogens is 1. The maximum atomic E-state index is 13.1. The first kappa shape index (κ1) is 19.7. The van der Waals surface area contributed by atoms with Crippen molar-refractivity contribution in [1.82, 2.24) is 15.5 Å². The number of rotatable bonds is 5. The smallest absolute Gasteiger partial charge is 0.272 e. The number of amides is 1. The number of fused-ring (bicyclic) bond motifs is 2. The third-order valence-corrected chi connectivity index (χ3v) is 6.88. The third-order valence-electron chi connectivity index (χ3n) is 5.94. The molecule has 4 aromatic rings. The van der Waals surface area contributed by atoms with Crippen LogP contribution in [-0.2, 0) is 24.1 Å². The number of hydrogen-bond acceptors (Lipinski definition) is 4. The van der Waals surface area contributed by atoms with Crippen LogP contribution in [0.1, 0.15) is 46.1 Å². The van der Waals surface area contributed by atoms with E-state index in [0.29, 0.717) is 16.5 Å². The first-order valence-electron chi connectivity index (χ1n) is 10.6. The molecule has 1 atom stereocenters. The third kappa shape index (κ3) is 4.03. The summed E-state index contributed by atoms with van der Waals surface area (Å²) in [5.74, 6) is -0.124. The van der Waals surface area contributed by atoms with Crippen LogP contribution in [0.5, 0.6) is 0 Å². The highest BCUT2D eigenvalue weighted by molar-refractivity contribution is 7.10. The molecular weight excluding hydrogens is 406 g/mol. The number of carbonyl (C=O) groups excluding carboxylic acids is 1. The Kier molecular flexibility index (Phi) is 5.38. The Bertz CT molecular complexity index is 1290. The van der Waals surface area contributed by atoms with Crippen molar-refractivity contribution in [3.63, 3.8) is 0 Å². The van der Waals surface area contributed by atoms with Crippen LogP contribution in [0.2, 0.25) is 0 Å². The summed E-state index contributed by atoms with van der Waals surface area (Å²) in [5, 5.41) is 13.2. The van der Waals surface area contributed by atoms with E-state index in [0.717, 1.165) is 23.3 Å². The van der Waals surface area contributed by atoms with Crippen LogP contribution in [0, 0.1) is 0 Å². The van der Waals surface area contributed by atoms with Crippen molar-refractivity contribution in [2.75, 3.05) is 0 Å². The van der Waals surface area contributed by atoms with Crippen LogP contribution in [0.3, 0.4) is 0 Å². The van der Waals surface area contributed by atoms with Gasteiger partial charge < -0.3 is 5.32 Å². The lowest BCUT2D eigenvalue weighted by atomic mass is 9.89. The SMILES string of the molecule is O=C(Cc1n[nH]c(=O)c2ccccc12)NC(c1ccc2c(c1)CCCC2)c1cccs1. The van der Waals surface area contributed by atoms with Crippen molar-refractivity contribution < 1.29 is 4.79 Å². The van der Waals surface area contributed by atoms with Gasteiger partial charge in [0.25, 0.3) is 5.56 Å². The van der Waals surface area contributed by atoms with Crippen LogP contribution in [0.15, 0.2) is 64.8 Å². The number of aromatic nitrogens is 2. The highest BCUT2D eigenvalue weighted by Crippen LogP contribution is 2.30. The van der Waals surface area contributed by atoms with Crippen molar-refractivity contribution >= 4 is 28.0 Å². The van der Waals surface area contributed by atoms with Gasteiger partial charge >= 0.3 is 0 Å². The number of nitrogens with one attached hydrogen (secondary N) is 2. The normalized spacial score (nSPS) is 14.2. The Morgan fingerprint density at radius 1 is 1.03 bits per heavy atom. The van der Waals surface area contributed by atoms with E-state index in [1.165, 1.54) is 24.0 Å². The van der Waals surface area contributed by atoms with Gasteiger partial charge in [0.2, 0.25) is 5.91 Å². The molecule has 2 aromatic carbocycles. The van der Waals surface area contributed by atoms with E-state index in [9.17, 15) is 9.59 Å². The number of hydrogen-bond donors (Lipinski definition) is 2. The maximum Gasteiger partial charge on any atom is 0.272 e. The van der Waals surface area contributed by atoms with Crippen LogP contribution >= 0.6 is 11.3 Å². The molecule has 2 aromatic heterocycles. The summed E-state index contributed by atoms with van der Waals surface area (Å²) in [6.07, 6.45) is 4.80. The molecule has 1 unspecified atom stereocenters. The molecule has 0 radical (unpaired) electrons. The summed E-state index contributed by atoms with van der Waals surface area (Å²) >= 11 is 1.64. The van der Waals surface area contributed by atoms with Gasteiger partial charge in [-0.1, -0.05) is 42.5 Å². The van der Waals surface area contributed by atoms with E-state index >= 15 is 0 Å². The van der Waals surface area contributed by atoms with E-state index in [1.807, 2.05) is 29.6 Å². The Morgan fingerprint density at radius 2 is 1.84 bits per heavy atom. The van der Waals surface area contributed by atoms with Crippen molar-refractivity contribution in [3.8, 4) is 0 Å². The Hall–Kier alpha value is -3.25. The van der Waals surface area contributed by atoms with Gasteiger partial charge in [0.15, 0.2) is 0 Å². The molecule has 2 N–H and O–H groups in total. The highest BCUT2D eigenvalue weighted by Gasteiger charge is 2.21. The summed E-state index contributed by atoms with van der Waals surface area (Å²) in [7, 11) is 0. The van der Waals surface area contributed by atoms with Gasteiger partial charge in [0.1, 0.15) is 0 Å². The molecule has 0 aliphatic heterocycles. The Morgan fingerprint density at radius 3 is 2.65 bits per heavy atom. The van der Waals surface area contributed by atoms with E-state index < -0.39 is 0 Å². The fourth-order valence-corrected chi connectivity index (χ4v) is 5.18. The molecule has 156 valence electrons. The zero-order chi connectivity index (χ0) is 21.2. The first-order chi connectivity index (χ1) is 15.2. The van der Waals surface area contributed by atoms with Gasteiger partial charge in [-0.3, -0.25) is 9.59 Å². The van der Waals surface area contributed by atoms with E-state index in [-0.39, 0.29) is 23.9 Å². The minimum atomic E-state index is -0.245. The highest BCUT2D eigenvalue weighted by atomic mass is 32.1. The number of nitrogens with zero attached hydrogens (tertiary/aromatic N) is 1. The molecule has 2 heterocycles. The summed E-state index contributed by atoms with van der Waals surface area (Å²) in [4.78, 5) is 26.2. The largest absolute Gasteiger partial charge is 0.344 e. The van der Waals surface area contributed by atoms with Gasteiger partial charge in [0.05, 0.1) is 23.5 Å². The standard InChI is InChI=1S/C25H23N3O2S/c29-23(15-21-19-8-3-4-9-20(19)25(30)28-27-21)26-24(22-10-5-13-31-22)18-12-11-16-6-1-2-7-17(16)14-18/h3-5,8-14,24H,1-2,6-7,15H2,(H,26,29)(H,28,30). The van der Waals surface area contributed by atoms with Crippen molar-refractivity contribution in [1.29, 1.82) is 0 Å². The predicted molar refractivity (Wildman–Crippen MR) is 123 cm³/mol. The first-order valence-corrected chi connectivity index (χ1v) is 11.5. The van der Waals surface area contributed by atoms with Gasteiger partial charge in [-0.05, 0) is 59.9 Å². The lowest BCUT2D eigenvalue weighted by molar-refractivity contribution is -0.121. The Labute approximate surface area is 184 Å². The van der Waals surface area contributed by atoms with E-state index in [2.05, 4.69) is 39.8 Å². The molecule has 1 amide bonds. The van der Waals surface area contributed by atoms with Crippen LogP contribution < -0.4 is 10.9 Å². The van der Waals surface area contributed by atoms with Gasteiger partial charge in [0, 0.05) is 10.3 Å². The van der Waals surface area contributed by atoms with Crippen LogP contribution in [0.4, 0.5) is 0 Å². The second kappa shape index (κ2) is 8.47. The lowest BCUT2D eigenvalue weighted by Crippen LogP contribution is -2.31. The Balaban J connectivity index is 1.44. The van der Waals surface area contributed by atoms with Crippen molar-refractivity contribution in [3.05, 3.63) is 97.6 Å². The number of aryl methyl sites for hydroxylation is 2. The van der Waals surface area contributed by atoms with Crippen LogP contribution in [0.25, 0.3) is 10.8 Å². The second-order valence-corrected chi connectivity index (χ2v) is 8.95. The molecule has 0 saturated carbocycles. The van der Waals surface area contributed by atoms with Crippen molar-refractivity contribution in [2.45, 2.75) is 38.1 Å². The maximum absolute atomic E-state index is 13.1. The van der Waals surface area contributed by atoms with E-state index in [1.54, 1.807) is 17.4 Å². The van der Waals surface area contributed by atoms with Gasteiger partial charge in [-0.25, -0.2) is 5.10 Å². The molecule has 1 aliphatic rings. The zero-order valence-electron chi connectivity index (χ0n) is 17.1. The topological polar surface area (TPSA) is 74.8 Å². The molecule has 0 fully saturated rings. The fraction of sp³-hybridized carbons (Fsp3) is 0.240. The number of thiophene rings is 1.